The average molecular weight is 294 g/mol. The molecule has 2 nitrogen and oxygen atoms in total. The quantitative estimate of drug-likeness (QED) is 0.889. The third kappa shape index (κ3) is 3.61. The van der Waals surface area contributed by atoms with Gasteiger partial charge in [0, 0.05) is 30.3 Å². The Morgan fingerprint density at radius 2 is 2.00 bits per heavy atom. The van der Waals surface area contributed by atoms with Gasteiger partial charge < -0.3 is 10.6 Å². The van der Waals surface area contributed by atoms with E-state index in [4.69, 9.17) is 0 Å². The maximum Gasteiger partial charge on any atom is 0.130 e. The van der Waals surface area contributed by atoms with Gasteiger partial charge >= 0.3 is 0 Å². The van der Waals surface area contributed by atoms with E-state index < -0.39 is 11.6 Å². The number of halogens is 2. The molecule has 1 aromatic rings. The predicted octanol–water partition coefficient (Wildman–Crippen LogP) is 3.37. The van der Waals surface area contributed by atoms with E-state index in [2.05, 4.69) is 10.6 Å². The fourth-order valence-electron chi connectivity index (χ4n) is 3.87. The highest BCUT2D eigenvalue weighted by Gasteiger charge is 2.33. The zero-order valence-electron chi connectivity index (χ0n) is 12.4. The summed E-state index contributed by atoms with van der Waals surface area (Å²) in [5, 5.41) is 7.15. The minimum atomic E-state index is -0.513. The zero-order chi connectivity index (χ0) is 14.7. The lowest BCUT2D eigenvalue weighted by Crippen LogP contribution is -2.46. The van der Waals surface area contributed by atoms with Crippen LogP contribution in [-0.2, 0) is 6.54 Å². The van der Waals surface area contributed by atoms with Crippen LogP contribution in [-0.4, -0.2) is 18.6 Å². The molecule has 0 radical (unpaired) electrons. The van der Waals surface area contributed by atoms with Crippen molar-refractivity contribution in [2.45, 2.75) is 57.2 Å². The highest BCUT2D eigenvalue weighted by molar-refractivity contribution is 5.18. The largest absolute Gasteiger partial charge is 0.314 e. The monoisotopic (exact) mass is 294 g/mol. The molecule has 0 amide bonds. The molecule has 3 rings (SSSR count). The molecule has 2 fully saturated rings. The molecule has 1 saturated carbocycles. The molecule has 1 aliphatic heterocycles. The number of benzene rings is 1. The Morgan fingerprint density at radius 1 is 1.10 bits per heavy atom. The number of nitrogens with one attached hydrogen (secondary N) is 2. The molecule has 21 heavy (non-hydrogen) atoms. The lowest BCUT2D eigenvalue weighted by atomic mass is 9.88. The molecule has 116 valence electrons. The summed E-state index contributed by atoms with van der Waals surface area (Å²) in [6.45, 7) is 1.61. The minimum absolute atomic E-state index is 0.449. The van der Waals surface area contributed by atoms with E-state index in [0.717, 1.165) is 19.0 Å². The van der Waals surface area contributed by atoms with Crippen molar-refractivity contribution in [2.75, 3.05) is 6.54 Å². The standard InChI is InChI=1S/C17H24F2N2/c18-13-8-7-12(15(19)10-13)11-21-17-6-3-4-14(17)16-5-1-2-9-20-16/h7-8,10,14,16-17,20-21H,1-6,9,11H2. The Kier molecular flexibility index (Phi) is 4.86. The van der Waals surface area contributed by atoms with Crippen LogP contribution in [0, 0.1) is 17.6 Å². The summed E-state index contributed by atoms with van der Waals surface area (Å²) in [7, 11) is 0. The maximum absolute atomic E-state index is 13.7. The van der Waals surface area contributed by atoms with E-state index in [1.54, 1.807) is 6.07 Å². The van der Waals surface area contributed by atoms with E-state index >= 15 is 0 Å². The van der Waals surface area contributed by atoms with E-state index in [-0.39, 0.29) is 0 Å². The van der Waals surface area contributed by atoms with Gasteiger partial charge in [0.15, 0.2) is 0 Å². The van der Waals surface area contributed by atoms with Crippen molar-refractivity contribution in [3.63, 3.8) is 0 Å². The summed E-state index contributed by atoms with van der Waals surface area (Å²) < 4.78 is 26.6. The molecule has 2 aliphatic rings. The van der Waals surface area contributed by atoms with Crippen LogP contribution in [0.3, 0.4) is 0 Å². The average Bonchev–Trinajstić information content (AvgIpc) is 2.96. The third-order valence-corrected chi connectivity index (χ3v) is 5.00. The molecule has 0 spiro atoms. The first-order valence-corrected chi connectivity index (χ1v) is 8.15. The highest BCUT2D eigenvalue weighted by Crippen LogP contribution is 2.32. The van der Waals surface area contributed by atoms with Crippen LogP contribution in [0.25, 0.3) is 0 Å². The SMILES string of the molecule is Fc1ccc(CNC2CCCC2C2CCCCN2)c(F)c1. The Bertz CT molecular complexity index is 472. The number of hydrogen-bond donors (Lipinski definition) is 2. The summed E-state index contributed by atoms with van der Waals surface area (Å²) in [4.78, 5) is 0. The fraction of sp³-hybridized carbons (Fsp3) is 0.647. The van der Waals surface area contributed by atoms with Gasteiger partial charge in [0.25, 0.3) is 0 Å². The lowest BCUT2D eigenvalue weighted by Gasteiger charge is -2.33. The van der Waals surface area contributed by atoms with Crippen molar-refractivity contribution in [2.24, 2.45) is 5.92 Å². The van der Waals surface area contributed by atoms with Gasteiger partial charge in [0.1, 0.15) is 11.6 Å². The molecule has 2 N–H and O–H groups in total. The van der Waals surface area contributed by atoms with Crippen molar-refractivity contribution in [1.29, 1.82) is 0 Å². The van der Waals surface area contributed by atoms with Crippen LogP contribution in [0.1, 0.15) is 44.1 Å². The summed E-state index contributed by atoms with van der Waals surface area (Å²) in [6, 6.07) is 4.89. The third-order valence-electron chi connectivity index (χ3n) is 5.00. The second-order valence-electron chi connectivity index (χ2n) is 6.37. The molecule has 4 heteroatoms. The van der Waals surface area contributed by atoms with E-state index in [1.807, 2.05) is 0 Å². The number of piperidine rings is 1. The second-order valence-corrected chi connectivity index (χ2v) is 6.37. The predicted molar refractivity (Wildman–Crippen MR) is 80.0 cm³/mol. The Hall–Kier alpha value is -1.00. The summed E-state index contributed by atoms with van der Waals surface area (Å²) in [5.41, 5.74) is 0.554. The van der Waals surface area contributed by atoms with E-state index in [0.29, 0.717) is 30.1 Å². The maximum atomic E-state index is 13.7. The van der Waals surface area contributed by atoms with Gasteiger partial charge in [-0.3, -0.25) is 0 Å². The normalized spacial score (nSPS) is 29.7. The molecule has 0 aromatic heterocycles. The highest BCUT2D eigenvalue weighted by atomic mass is 19.1. The molecule has 1 heterocycles. The van der Waals surface area contributed by atoms with Crippen LogP contribution in [0.4, 0.5) is 8.78 Å². The molecule has 1 saturated heterocycles. The molecule has 0 bridgehead atoms. The van der Waals surface area contributed by atoms with Crippen LogP contribution in [0.5, 0.6) is 0 Å². The topological polar surface area (TPSA) is 24.1 Å². The van der Waals surface area contributed by atoms with Gasteiger partial charge in [-0.15, -0.1) is 0 Å². The van der Waals surface area contributed by atoms with E-state index in [1.165, 1.54) is 38.2 Å². The van der Waals surface area contributed by atoms with Crippen LogP contribution < -0.4 is 10.6 Å². The Morgan fingerprint density at radius 3 is 2.76 bits per heavy atom. The first kappa shape index (κ1) is 14.9. The van der Waals surface area contributed by atoms with Gasteiger partial charge in [0.05, 0.1) is 0 Å². The van der Waals surface area contributed by atoms with E-state index in [9.17, 15) is 8.78 Å². The Balaban J connectivity index is 1.58. The number of rotatable bonds is 4. The molecular weight excluding hydrogens is 270 g/mol. The van der Waals surface area contributed by atoms with Crippen LogP contribution in [0.15, 0.2) is 18.2 Å². The molecule has 3 unspecified atom stereocenters. The van der Waals surface area contributed by atoms with Gasteiger partial charge in [-0.2, -0.15) is 0 Å². The van der Waals surface area contributed by atoms with Gasteiger partial charge in [-0.25, -0.2) is 8.78 Å². The summed E-state index contributed by atoms with van der Waals surface area (Å²) >= 11 is 0. The van der Waals surface area contributed by atoms with Crippen LogP contribution in [0.2, 0.25) is 0 Å². The van der Waals surface area contributed by atoms with Crippen molar-refractivity contribution < 1.29 is 8.78 Å². The molecule has 1 aromatic carbocycles. The smallest absolute Gasteiger partial charge is 0.130 e. The zero-order valence-corrected chi connectivity index (χ0v) is 12.4. The fourth-order valence-corrected chi connectivity index (χ4v) is 3.87. The summed E-state index contributed by atoms with van der Waals surface area (Å²) in [5.74, 6) is -0.317. The molecular formula is C17H24F2N2. The first-order valence-electron chi connectivity index (χ1n) is 8.15. The Labute approximate surface area is 125 Å². The van der Waals surface area contributed by atoms with Gasteiger partial charge in [0.2, 0.25) is 0 Å². The minimum Gasteiger partial charge on any atom is -0.314 e. The van der Waals surface area contributed by atoms with Crippen molar-refractivity contribution >= 4 is 0 Å². The second kappa shape index (κ2) is 6.84. The lowest BCUT2D eigenvalue weighted by molar-refractivity contribution is 0.256. The van der Waals surface area contributed by atoms with Gasteiger partial charge in [-0.05, 0) is 44.2 Å². The van der Waals surface area contributed by atoms with Crippen LogP contribution >= 0.6 is 0 Å². The van der Waals surface area contributed by atoms with Gasteiger partial charge in [-0.1, -0.05) is 18.9 Å². The first-order chi connectivity index (χ1) is 10.2. The van der Waals surface area contributed by atoms with Crippen molar-refractivity contribution in [3.05, 3.63) is 35.4 Å². The van der Waals surface area contributed by atoms with Crippen molar-refractivity contribution in [1.82, 2.24) is 10.6 Å². The van der Waals surface area contributed by atoms with Crippen molar-refractivity contribution in [3.8, 4) is 0 Å². The molecule has 3 atom stereocenters. The summed E-state index contributed by atoms with van der Waals surface area (Å²) in [6.07, 6.45) is 7.50. The number of hydrogen-bond acceptors (Lipinski definition) is 2. The molecule has 1 aliphatic carbocycles.